The lowest BCUT2D eigenvalue weighted by molar-refractivity contribution is -0.134. The minimum absolute atomic E-state index is 0.119. The Hall–Kier alpha value is -3.10. The summed E-state index contributed by atoms with van der Waals surface area (Å²) in [5, 5.41) is 11.7. The molecule has 2 aliphatic rings. The molecule has 0 bridgehead atoms. The fourth-order valence-corrected chi connectivity index (χ4v) is 5.09. The van der Waals surface area contributed by atoms with Gasteiger partial charge in [-0.2, -0.15) is 17.7 Å². The molecule has 0 radical (unpaired) electrons. The number of hydrogen-bond donors (Lipinski definition) is 0. The summed E-state index contributed by atoms with van der Waals surface area (Å²) in [6, 6.07) is 2.66. The molecule has 2 aliphatic heterocycles. The van der Waals surface area contributed by atoms with Crippen molar-refractivity contribution >= 4 is 33.8 Å². The molecular formula is C19H19F5N8OS. The van der Waals surface area contributed by atoms with Gasteiger partial charge in [-0.05, 0) is 25.0 Å². The van der Waals surface area contributed by atoms with Crippen LogP contribution in [0.15, 0.2) is 18.3 Å². The van der Waals surface area contributed by atoms with Crippen molar-refractivity contribution in [2.75, 3.05) is 42.5 Å². The normalized spacial score (nSPS) is 19.6. The number of carbonyl (C=O) groups excluding carboxylic acids is 1. The monoisotopic (exact) mass is 502 g/mol. The van der Waals surface area contributed by atoms with Gasteiger partial charge < -0.3 is 14.7 Å². The second-order valence-corrected chi connectivity index (χ2v) is 9.00. The Morgan fingerprint density at radius 1 is 1.09 bits per heavy atom. The van der Waals surface area contributed by atoms with Crippen LogP contribution < -0.4 is 9.80 Å². The maximum atomic E-state index is 13.3. The number of thiazole rings is 1. The molecule has 0 unspecified atom stereocenters. The zero-order valence-electron chi connectivity index (χ0n) is 17.6. The van der Waals surface area contributed by atoms with Crippen molar-refractivity contribution < 1.29 is 26.7 Å². The molecule has 1 atom stereocenters. The Labute approximate surface area is 193 Å². The maximum Gasteiger partial charge on any atom is 0.427 e. The van der Waals surface area contributed by atoms with Gasteiger partial charge in [0, 0.05) is 32.7 Å². The van der Waals surface area contributed by atoms with Crippen LogP contribution in [0.3, 0.4) is 0 Å². The number of fused-ring (bicyclic) bond motifs is 1. The first-order valence-corrected chi connectivity index (χ1v) is 11.4. The molecule has 34 heavy (non-hydrogen) atoms. The van der Waals surface area contributed by atoms with Crippen LogP contribution in [0.4, 0.5) is 32.9 Å². The van der Waals surface area contributed by atoms with Crippen LogP contribution in [0.2, 0.25) is 0 Å². The highest BCUT2D eigenvalue weighted by Gasteiger charge is 2.37. The zero-order valence-corrected chi connectivity index (χ0v) is 18.4. The predicted octanol–water partition coefficient (Wildman–Crippen LogP) is 2.85. The molecule has 3 aromatic heterocycles. The average molecular weight is 502 g/mol. The number of amides is 1. The van der Waals surface area contributed by atoms with Gasteiger partial charge in [0.1, 0.15) is 16.7 Å². The molecule has 3 aromatic rings. The quantitative estimate of drug-likeness (QED) is 0.508. The first-order chi connectivity index (χ1) is 16.2. The number of anilines is 2. The number of alkyl halides is 5. The van der Waals surface area contributed by atoms with E-state index in [1.807, 2.05) is 0 Å². The summed E-state index contributed by atoms with van der Waals surface area (Å²) in [4.78, 5) is 21.6. The number of carbonyl (C=O) groups is 1. The van der Waals surface area contributed by atoms with Gasteiger partial charge in [0.05, 0.1) is 6.20 Å². The van der Waals surface area contributed by atoms with Crippen LogP contribution in [0, 0.1) is 0 Å². The Kier molecular flexibility index (Phi) is 5.73. The maximum absolute atomic E-state index is 13.3. The topological polar surface area (TPSA) is 82.8 Å². The molecule has 9 nitrogen and oxygen atoms in total. The van der Waals surface area contributed by atoms with Gasteiger partial charge in [-0.25, -0.2) is 13.8 Å². The minimum atomic E-state index is -4.43. The van der Waals surface area contributed by atoms with Crippen LogP contribution in [-0.2, 0) is 11.0 Å². The van der Waals surface area contributed by atoms with Crippen LogP contribution in [-0.4, -0.2) is 74.4 Å². The van der Waals surface area contributed by atoms with E-state index >= 15 is 0 Å². The van der Waals surface area contributed by atoms with Gasteiger partial charge in [-0.15, -0.1) is 15.3 Å². The molecule has 0 N–H and O–H groups in total. The molecule has 0 spiro atoms. The molecule has 182 valence electrons. The zero-order chi connectivity index (χ0) is 24.0. The highest BCUT2D eigenvalue weighted by Crippen LogP contribution is 2.36. The van der Waals surface area contributed by atoms with Crippen molar-refractivity contribution in [1.82, 2.24) is 29.7 Å². The van der Waals surface area contributed by atoms with Crippen molar-refractivity contribution in [2.45, 2.75) is 31.5 Å². The number of piperazine rings is 1. The van der Waals surface area contributed by atoms with E-state index in [1.165, 1.54) is 6.07 Å². The Morgan fingerprint density at radius 3 is 2.53 bits per heavy atom. The van der Waals surface area contributed by atoms with Crippen molar-refractivity contribution in [3.63, 3.8) is 0 Å². The molecular weight excluding hydrogens is 483 g/mol. The van der Waals surface area contributed by atoms with Gasteiger partial charge in [0.25, 0.3) is 6.43 Å². The van der Waals surface area contributed by atoms with Crippen molar-refractivity contribution in [1.29, 1.82) is 0 Å². The summed E-state index contributed by atoms with van der Waals surface area (Å²) in [7, 11) is 0. The third-order valence-corrected chi connectivity index (χ3v) is 7.04. The molecule has 0 aromatic carbocycles. The van der Waals surface area contributed by atoms with Crippen LogP contribution >= 0.6 is 11.3 Å². The van der Waals surface area contributed by atoms with E-state index in [-0.39, 0.29) is 16.7 Å². The van der Waals surface area contributed by atoms with E-state index < -0.39 is 29.3 Å². The third kappa shape index (κ3) is 4.12. The lowest BCUT2D eigenvalue weighted by Crippen LogP contribution is -2.54. The van der Waals surface area contributed by atoms with E-state index in [1.54, 1.807) is 20.8 Å². The van der Waals surface area contributed by atoms with Crippen molar-refractivity contribution in [3.8, 4) is 0 Å². The lowest BCUT2D eigenvalue weighted by atomic mass is 10.1. The number of rotatable bonds is 4. The fraction of sp³-hybridized carbons (Fsp3) is 0.526. The fourth-order valence-electron chi connectivity index (χ4n) is 4.25. The van der Waals surface area contributed by atoms with E-state index in [0.29, 0.717) is 56.3 Å². The molecule has 0 saturated carbocycles. The molecule has 5 heterocycles. The summed E-state index contributed by atoms with van der Waals surface area (Å²) in [6.45, 7) is 1.97. The molecule has 2 saturated heterocycles. The number of aromatic nitrogens is 5. The molecule has 1 amide bonds. The highest BCUT2D eigenvalue weighted by molar-refractivity contribution is 7.15. The highest BCUT2D eigenvalue weighted by atomic mass is 32.1. The first kappa shape index (κ1) is 22.7. The van der Waals surface area contributed by atoms with E-state index in [4.69, 9.17) is 0 Å². The SMILES string of the molecule is O=C([C@@H]1CCCN1c1ccc2nnc(C(F)F)n2n1)N1CCN(c2ncc(C(F)(F)F)s2)CC1. The Balaban J connectivity index is 1.27. The van der Waals surface area contributed by atoms with Gasteiger partial charge in [-0.1, -0.05) is 11.3 Å². The lowest BCUT2D eigenvalue weighted by Gasteiger charge is -2.37. The summed E-state index contributed by atoms with van der Waals surface area (Å²) >= 11 is 0.588. The third-order valence-electron chi connectivity index (χ3n) is 5.93. The van der Waals surface area contributed by atoms with Crippen molar-refractivity contribution in [3.05, 3.63) is 29.0 Å². The summed E-state index contributed by atoms with van der Waals surface area (Å²) < 4.78 is 66.0. The van der Waals surface area contributed by atoms with Gasteiger partial charge in [-0.3, -0.25) is 4.79 Å². The number of hydrogen-bond acceptors (Lipinski definition) is 8. The molecule has 2 fully saturated rings. The van der Waals surface area contributed by atoms with Gasteiger partial charge >= 0.3 is 6.18 Å². The Morgan fingerprint density at radius 2 is 1.85 bits per heavy atom. The van der Waals surface area contributed by atoms with Crippen LogP contribution in [0.25, 0.3) is 5.65 Å². The second-order valence-electron chi connectivity index (χ2n) is 7.99. The summed E-state index contributed by atoms with van der Waals surface area (Å²) in [6.07, 6.45) is -5.12. The van der Waals surface area contributed by atoms with Crippen LogP contribution in [0.1, 0.15) is 30.0 Å². The summed E-state index contributed by atoms with van der Waals surface area (Å²) in [5.41, 5.74) is 0.188. The van der Waals surface area contributed by atoms with E-state index in [9.17, 15) is 26.7 Å². The standard InChI is InChI=1S/C19H19F5N8OS/c20-15(21)16-27-26-13-3-4-14(28-32(13)16)31-5-1-2-11(31)17(33)29-6-8-30(9-7-29)18-25-10-12(34-18)19(22,23)24/h3-4,10-11,15H,1-2,5-9H2/t11-/m0/s1. The first-order valence-electron chi connectivity index (χ1n) is 10.6. The largest absolute Gasteiger partial charge is 0.427 e. The smallest absolute Gasteiger partial charge is 0.345 e. The predicted molar refractivity (Wildman–Crippen MR) is 112 cm³/mol. The molecule has 0 aliphatic carbocycles. The molecule has 5 rings (SSSR count). The van der Waals surface area contributed by atoms with E-state index in [0.717, 1.165) is 17.1 Å². The van der Waals surface area contributed by atoms with Gasteiger partial charge in [0.15, 0.2) is 10.8 Å². The van der Waals surface area contributed by atoms with Gasteiger partial charge in [0.2, 0.25) is 11.7 Å². The average Bonchev–Trinajstić information content (AvgIpc) is 3.57. The molecule has 15 heteroatoms. The summed E-state index contributed by atoms with van der Waals surface area (Å²) in [5.74, 6) is -0.302. The van der Waals surface area contributed by atoms with E-state index in [2.05, 4.69) is 20.3 Å². The second kappa shape index (κ2) is 8.60. The van der Waals surface area contributed by atoms with Crippen molar-refractivity contribution in [2.24, 2.45) is 0 Å². The van der Waals surface area contributed by atoms with Crippen LogP contribution in [0.5, 0.6) is 0 Å². The number of halogens is 5. The Bertz CT molecular complexity index is 1190. The minimum Gasteiger partial charge on any atom is -0.345 e. The number of nitrogens with zero attached hydrogens (tertiary/aromatic N) is 8.